The van der Waals surface area contributed by atoms with Crippen molar-refractivity contribution >= 4 is 6.09 Å². The van der Waals surface area contributed by atoms with Gasteiger partial charge in [-0.3, -0.25) is 0 Å². The summed E-state index contributed by atoms with van der Waals surface area (Å²) in [7, 11) is 1.80. The van der Waals surface area contributed by atoms with Gasteiger partial charge in [-0.15, -0.1) is 0 Å². The first kappa shape index (κ1) is 16.3. The van der Waals surface area contributed by atoms with Crippen LogP contribution in [0.25, 0.3) is 0 Å². The molecule has 19 heavy (non-hydrogen) atoms. The Kier molecular flexibility index (Phi) is 6.11. The van der Waals surface area contributed by atoms with Crippen molar-refractivity contribution in [1.29, 1.82) is 0 Å². The van der Waals surface area contributed by atoms with Crippen LogP contribution < -0.4 is 5.32 Å². The van der Waals surface area contributed by atoms with E-state index in [1.807, 2.05) is 20.8 Å². The first-order valence-electron chi connectivity index (χ1n) is 7.47. The number of rotatable bonds is 5. The predicted octanol–water partition coefficient (Wildman–Crippen LogP) is 3.02. The molecule has 1 aliphatic rings. The van der Waals surface area contributed by atoms with Crippen LogP contribution in [0, 0.1) is 5.92 Å². The summed E-state index contributed by atoms with van der Waals surface area (Å²) in [6.45, 7) is 9.70. The van der Waals surface area contributed by atoms with Gasteiger partial charge in [-0.25, -0.2) is 4.79 Å². The van der Waals surface area contributed by atoms with Gasteiger partial charge in [-0.1, -0.05) is 13.3 Å². The van der Waals surface area contributed by atoms with E-state index in [0.717, 1.165) is 25.4 Å². The lowest BCUT2D eigenvalue weighted by Gasteiger charge is -2.25. The Hall–Kier alpha value is -0.770. The zero-order valence-corrected chi connectivity index (χ0v) is 13.2. The zero-order valence-electron chi connectivity index (χ0n) is 13.2. The van der Waals surface area contributed by atoms with Gasteiger partial charge in [0.25, 0.3) is 0 Å². The highest BCUT2D eigenvalue weighted by Crippen LogP contribution is 2.24. The number of amides is 1. The minimum Gasteiger partial charge on any atom is -0.444 e. The Morgan fingerprint density at radius 3 is 2.58 bits per heavy atom. The summed E-state index contributed by atoms with van der Waals surface area (Å²) < 4.78 is 5.31. The molecule has 0 aromatic carbocycles. The average Bonchev–Trinajstić information content (AvgIpc) is 2.68. The van der Waals surface area contributed by atoms with Crippen LogP contribution in [-0.2, 0) is 4.74 Å². The summed E-state index contributed by atoms with van der Waals surface area (Å²) in [6.07, 6.45) is 4.72. The third kappa shape index (κ3) is 6.28. The van der Waals surface area contributed by atoms with Gasteiger partial charge in [0.15, 0.2) is 0 Å². The van der Waals surface area contributed by atoms with E-state index < -0.39 is 5.60 Å². The van der Waals surface area contributed by atoms with Crippen molar-refractivity contribution < 1.29 is 9.53 Å². The van der Waals surface area contributed by atoms with Crippen LogP contribution in [-0.4, -0.2) is 42.8 Å². The Morgan fingerprint density at radius 2 is 2.05 bits per heavy atom. The van der Waals surface area contributed by atoms with Gasteiger partial charge < -0.3 is 15.0 Å². The largest absolute Gasteiger partial charge is 0.444 e. The fourth-order valence-corrected chi connectivity index (χ4v) is 2.48. The van der Waals surface area contributed by atoms with Crippen LogP contribution in [0.3, 0.4) is 0 Å². The predicted molar refractivity (Wildman–Crippen MR) is 78.3 cm³/mol. The van der Waals surface area contributed by atoms with Gasteiger partial charge in [-0.2, -0.15) is 0 Å². The maximum Gasteiger partial charge on any atom is 0.410 e. The number of hydrogen-bond acceptors (Lipinski definition) is 3. The molecule has 0 aromatic heterocycles. The van der Waals surface area contributed by atoms with Crippen molar-refractivity contribution in [2.75, 3.05) is 20.1 Å². The van der Waals surface area contributed by atoms with E-state index in [1.165, 1.54) is 19.3 Å². The molecular formula is C15H30N2O2. The fourth-order valence-electron chi connectivity index (χ4n) is 2.48. The first-order chi connectivity index (χ1) is 8.79. The topological polar surface area (TPSA) is 41.6 Å². The molecule has 0 bridgehead atoms. The quantitative estimate of drug-likeness (QED) is 0.781. The normalized spacial score (nSPS) is 23.4. The van der Waals surface area contributed by atoms with Crippen LogP contribution in [0.5, 0.6) is 0 Å². The molecule has 112 valence electrons. The zero-order chi connectivity index (χ0) is 14.5. The second-order valence-corrected chi connectivity index (χ2v) is 6.72. The molecule has 0 spiro atoms. The number of nitrogens with one attached hydrogen (secondary N) is 1. The summed E-state index contributed by atoms with van der Waals surface area (Å²) in [5.41, 5.74) is -0.414. The Bertz CT molecular complexity index is 286. The number of carbonyl (C=O) groups is 1. The van der Waals surface area contributed by atoms with E-state index in [2.05, 4.69) is 12.2 Å². The number of nitrogens with zero attached hydrogens (tertiary/aromatic N) is 1. The molecule has 1 saturated carbocycles. The molecule has 0 radical (unpaired) electrons. The van der Waals surface area contributed by atoms with Gasteiger partial charge in [0.2, 0.25) is 0 Å². The molecule has 0 heterocycles. The highest BCUT2D eigenvalue weighted by atomic mass is 16.6. The lowest BCUT2D eigenvalue weighted by Crippen LogP contribution is -2.37. The van der Waals surface area contributed by atoms with Crippen molar-refractivity contribution in [2.24, 2.45) is 5.92 Å². The number of carbonyl (C=O) groups excluding carboxylic acids is 1. The number of hydrogen-bond donors (Lipinski definition) is 1. The molecule has 0 aliphatic heterocycles. The SMILES string of the molecule is CC1CCCC1NCCCN(C)C(=O)OC(C)(C)C. The van der Waals surface area contributed by atoms with Gasteiger partial charge in [0, 0.05) is 19.6 Å². The molecule has 2 unspecified atom stereocenters. The van der Waals surface area contributed by atoms with Crippen LogP contribution in [0.2, 0.25) is 0 Å². The molecule has 1 N–H and O–H groups in total. The highest BCUT2D eigenvalue weighted by molar-refractivity contribution is 5.67. The third-order valence-electron chi connectivity index (χ3n) is 3.64. The Balaban J connectivity index is 2.13. The van der Waals surface area contributed by atoms with E-state index in [9.17, 15) is 4.79 Å². The Labute approximate surface area is 117 Å². The molecule has 2 atom stereocenters. The molecule has 1 fully saturated rings. The van der Waals surface area contributed by atoms with Crippen molar-refractivity contribution in [3.8, 4) is 0 Å². The highest BCUT2D eigenvalue weighted by Gasteiger charge is 2.22. The summed E-state index contributed by atoms with van der Waals surface area (Å²) in [6, 6.07) is 0.673. The van der Waals surface area contributed by atoms with Crippen molar-refractivity contribution in [3.05, 3.63) is 0 Å². The molecule has 1 rings (SSSR count). The number of ether oxygens (including phenoxy) is 1. The van der Waals surface area contributed by atoms with Crippen LogP contribution in [0.1, 0.15) is 53.4 Å². The molecular weight excluding hydrogens is 240 g/mol. The fraction of sp³-hybridized carbons (Fsp3) is 0.933. The summed E-state index contributed by atoms with van der Waals surface area (Å²) in [5.74, 6) is 0.795. The molecule has 1 amide bonds. The van der Waals surface area contributed by atoms with E-state index in [0.29, 0.717) is 6.04 Å². The minimum absolute atomic E-state index is 0.235. The molecule has 0 aromatic rings. The maximum absolute atomic E-state index is 11.7. The first-order valence-corrected chi connectivity index (χ1v) is 7.47. The van der Waals surface area contributed by atoms with E-state index >= 15 is 0 Å². The van der Waals surface area contributed by atoms with Crippen molar-refractivity contribution in [1.82, 2.24) is 10.2 Å². The third-order valence-corrected chi connectivity index (χ3v) is 3.64. The molecule has 4 nitrogen and oxygen atoms in total. The van der Waals surface area contributed by atoms with Gasteiger partial charge in [0.05, 0.1) is 0 Å². The lowest BCUT2D eigenvalue weighted by molar-refractivity contribution is 0.0297. The van der Waals surface area contributed by atoms with Crippen LogP contribution >= 0.6 is 0 Å². The van der Waals surface area contributed by atoms with E-state index in [-0.39, 0.29) is 6.09 Å². The van der Waals surface area contributed by atoms with E-state index in [1.54, 1.807) is 11.9 Å². The molecule has 4 heteroatoms. The van der Waals surface area contributed by atoms with Gasteiger partial charge in [-0.05, 0) is 52.5 Å². The summed E-state index contributed by atoms with van der Waals surface area (Å²) >= 11 is 0. The summed E-state index contributed by atoms with van der Waals surface area (Å²) in [5, 5.41) is 3.60. The molecule has 1 aliphatic carbocycles. The minimum atomic E-state index is -0.414. The van der Waals surface area contributed by atoms with Crippen LogP contribution in [0.4, 0.5) is 4.79 Å². The molecule has 0 saturated heterocycles. The standard InChI is InChI=1S/C15H30N2O2/c1-12-8-6-9-13(12)16-10-7-11-17(5)14(18)19-15(2,3)4/h12-13,16H,6-11H2,1-5H3. The second kappa shape index (κ2) is 7.13. The van der Waals surface area contributed by atoms with Crippen molar-refractivity contribution in [2.45, 2.75) is 65.0 Å². The monoisotopic (exact) mass is 270 g/mol. The lowest BCUT2D eigenvalue weighted by atomic mass is 10.1. The summed E-state index contributed by atoms with van der Waals surface area (Å²) in [4.78, 5) is 13.4. The Morgan fingerprint density at radius 1 is 1.37 bits per heavy atom. The second-order valence-electron chi connectivity index (χ2n) is 6.72. The average molecular weight is 270 g/mol. The van der Waals surface area contributed by atoms with Gasteiger partial charge >= 0.3 is 6.09 Å². The van der Waals surface area contributed by atoms with E-state index in [4.69, 9.17) is 4.74 Å². The smallest absolute Gasteiger partial charge is 0.410 e. The van der Waals surface area contributed by atoms with Crippen LogP contribution in [0.15, 0.2) is 0 Å². The maximum atomic E-state index is 11.7. The van der Waals surface area contributed by atoms with Crippen molar-refractivity contribution in [3.63, 3.8) is 0 Å². The van der Waals surface area contributed by atoms with Gasteiger partial charge in [0.1, 0.15) is 5.60 Å².